The fraction of sp³-hybridized carbons (Fsp3) is 0.200. The number of hydrogen-bond donors (Lipinski definition) is 0. The number of nitriles is 1. The third kappa shape index (κ3) is 4.21. The summed E-state index contributed by atoms with van der Waals surface area (Å²) in [5, 5.41) is 13.6. The number of hydrogen-bond acceptors (Lipinski definition) is 4. The van der Waals surface area contributed by atoms with Crippen molar-refractivity contribution >= 4 is 0 Å². The molecule has 6 nitrogen and oxygen atoms in total. The summed E-state index contributed by atoms with van der Waals surface area (Å²) < 4.78 is 16.9. The minimum atomic E-state index is -0.515. The Bertz CT molecular complexity index is 1400. The van der Waals surface area contributed by atoms with E-state index in [9.17, 15) is 14.4 Å². The lowest BCUT2D eigenvalue weighted by molar-refractivity contribution is 0.520. The van der Waals surface area contributed by atoms with Gasteiger partial charge in [0.1, 0.15) is 11.9 Å². The van der Waals surface area contributed by atoms with Crippen LogP contribution in [0.4, 0.5) is 4.39 Å². The molecule has 0 aliphatic rings. The lowest BCUT2D eigenvalue weighted by atomic mass is 10.0. The van der Waals surface area contributed by atoms with Crippen LogP contribution in [0.2, 0.25) is 0 Å². The molecule has 2 aromatic carbocycles. The lowest BCUT2D eigenvalue weighted by Crippen LogP contribution is -2.30. The molecule has 0 N–H and O–H groups in total. The van der Waals surface area contributed by atoms with Crippen LogP contribution in [0.5, 0.6) is 0 Å². The van der Waals surface area contributed by atoms with Crippen molar-refractivity contribution in [3.05, 3.63) is 111 Å². The zero-order valence-corrected chi connectivity index (χ0v) is 18.1. The standard InChI is InChI=1S/C25H22FN5O/c1-16-9-19(7-8-24(16)30-14-17(2)28-15-30)10-21-12-23(13-27)29-31(25(21)32)18(3)20-5-4-6-22(26)11-20/h4-9,11-12,14-15,18H,10H2,1-3H3/t18-/m0/s1. The Kier molecular flexibility index (Phi) is 5.69. The van der Waals surface area contributed by atoms with Crippen LogP contribution in [0.1, 0.15) is 46.6 Å². The lowest BCUT2D eigenvalue weighted by Gasteiger charge is -2.16. The predicted octanol–water partition coefficient (Wildman–Crippen LogP) is 4.26. The van der Waals surface area contributed by atoms with E-state index in [0.717, 1.165) is 22.5 Å². The van der Waals surface area contributed by atoms with Crippen molar-refractivity contribution in [1.29, 1.82) is 5.26 Å². The average molecular weight is 427 g/mol. The largest absolute Gasteiger partial charge is 0.306 e. The average Bonchev–Trinajstić information content (AvgIpc) is 3.20. The van der Waals surface area contributed by atoms with Gasteiger partial charge in [0.25, 0.3) is 5.56 Å². The summed E-state index contributed by atoms with van der Waals surface area (Å²) >= 11 is 0. The van der Waals surface area contributed by atoms with E-state index in [1.165, 1.54) is 22.9 Å². The molecule has 2 aromatic heterocycles. The van der Waals surface area contributed by atoms with Crippen LogP contribution in [-0.4, -0.2) is 19.3 Å². The van der Waals surface area contributed by atoms with Crippen molar-refractivity contribution in [1.82, 2.24) is 19.3 Å². The molecule has 0 aliphatic heterocycles. The maximum absolute atomic E-state index is 13.7. The van der Waals surface area contributed by atoms with Crippen LogP contribution in [0, 0.1) is 31.0 Å². The molecular weight excluding hydrogens is 405 g/mol. The monoisotopic (exact) mass is 427 g/mol. The predicted molar refractivity (Wildman–Crippen MR) is 119 cm³/mol. The molecule has 0 fully saturated rings. The van der Waals surface area contributed by atoms with E-state index in [-0.39, 0.29) is 17.1 Å². The summed E-state index contributed by atoms with van der Waals surface area (Å²) in [6.07, 6.45) is 4.08. The number of rotatable bonds is 5. The molecule has 0 amide bonds. The van der Waals surface area contributed by atoms with Gasteiger partial charge in [0.05, 0.1) is 18.1 Å². The molecule has 32 heavy (non-hydrogen) atoms. The summed E-state index contributed by atoms with van der Waals surface area (Å²) in [4.78, 5) is 17.5. The molecule has 4 aromatic rings. The van der Waals surface area contributed by atoms with Crippen molar-refractivity contribution in [3.8, 4) is 11.8 Å². The van der Waals surface area contributed by atoms with Crippen molar-refractivity contribution in [2.45, 2.75) is 33.2 Å². The summed E-state index contributed by atoms with van der Waals surface area (Å²) in [6.45, 7) is 5.71. The molecule has 0 saturated carbocycles. The van der Waals surface area contributed by atoms with E-state index in [4.69, 9.17) is 0 Å². The van der Waals surface area contributed by atoms with Gasteiger partial charge in [0.15, 0.2) is 5.69 Å². The smallest absolute Gasteiger partial charge is 0.270 e. The Labute approximate surface area is 185 Å². The summed E-state index contributed by atoms with van der Waals surface area (Å²) in [5.41, 5.74) is 4.85. The van der Waals surface area contributed by atoms with Gasteiger partial charge in [-0.15, -0.1) is 0 Å². The van der Waals surface area contributed by atoms with Crippen molar-refractivity contribution in [2.75, 3.05) is 0 Å². The van der Waals surface area contributed by atoms with Crippen LogP contribution in [-0.2, 0) is 6.42 Å². The second kappa shape index (κ2) is 8.60. The Balaban J connectivity index is 1.70. The molecular formula is C25H22FN5O. The zero-order valence-electron chi connectivity index (χ0n) is 18.1. The molecule has 2 heterocycles. The number of imidazole rings is 1. The van der Waals surface area contributed by atoms with Gasteiger partial charge in [-0.1, -0.05) is 24.3 Å². The first-order valence-electron chi connectivity index (χ1n) is 10.2. The third-order valence-corrected chi connectivity index (χ3v) is 5.47. The molecule has 0 bridgehead atoms. The summed E-state index contributed by atoms with van der Waals surface area (Å²) in [7, 11) is 0. The molecule has 4 rings (SSSR count). The second-order valence-electron chi connectivity index (χ2n) is 7.87. The van der Waals surface area contributed by atoms with E-state index in [2.05, 4.69) is 10.1 Å². The van der Waals surface area contributed by atoms with E-state index in [1.807, 2.05) is 48.9 Å². The normalized spacial score (nSPS) is 11.8. The van der Waals surface area contributed by atoms with Crippen LogP contribution >= 0.6 is 0 Å². The summed E-state index contributed by atoms with van der Waals surface area (Å²) in [5.74, 6) is -0.386. The van der Waals surface area contributed by atoms with E-state index in [1.54, 1.807) is 25.4 Å². The van der Waals surface area contributed by atoms with E-state index in [0.29, 0.717) is 17.5 Å². The Morgan fingerprint density at radius 3 is 2.62 bits per heavy atom. The first-order valence-corrected chi connectivity index (χ1v) is 10.2. The molecule has 160 valence electrons. The van der Waals surface area contributed by atoms with Gasteiger partial charge in [-0.05, 0) is 61.7 Å². The van der Waals surface area contributed by atoms with Crippen LogP contribution < -0.4 is 5.56 Å². The van der Waals surface area contributed by atoms with Gasteiger partial charge < -0.3 is 4.57 Å². The van der Waals surface area contributed by atoms with Crippen molar-refractivity contribution < 1.29 is 4.39 Å². The highest BCUT2D eigenvalue weighted by Gasteiger charge is 2.16. The summed E-state index contributed by atoms with van der Waals surface area (Å²) in [6, 6.07) is 15.1. The minimum absolute atomic E-state index is 0.144. The van der Waals surface area contributed by atoms with Crippen LogP contribution in [0.3, 0.4) is 0 Å². The Hall–Kier alpha value is -4.05. The number of aryl methyl sites for hydroxylation is 2. The number of aromatic nitrogens is 4. The highest BCUT2D eigenvalue weighted by Crippen LogP contribution is 2.20. The Morgan fingerprint density at radius 2 is 1.97 bits per heavy atom. The molecule has 0 saturated heterocycles. The molecule has 0 unspecified atom stereocenters. The third-order valence-electron chi connectivity index (χ3n) is 5.47. The minimum Gasteiger partial charge on any atom is -0.306 e. The number of halogens is 1. The van der Waals surface area contributed by atoms with Gasteiger partial charge >= 0.3 is 0 Å². The van der Waals surface area contributed by atoms with Gasteiger partial charge in [-0.2, -0.15) is 10.4 Å². The molecule has 7 heteroatoms. The maximum Gasteiger partial charge on any atom is 0.270 e. The van der Waals surface area contributed by atoms with E-state index < -0.39 is 6.04 Å². The van der Waals surface area contributed by atoms with E-state index >= 15 is 0 Å². The molecule has 0 aliphatic carbocycles. The van der Waals surface area contributed by atoms with Crippen molar-refractivity contribution in [3.63, 3.8) is 0 Å². The maximum atomic E-state index is 13.7. The van der Waals surface area contributed by atoms with Crippen LogP contribution in [0.25, 0.3) is 5.69 Å². The Morgan fingerprint density at radius 1 is 1.16 bits per heavy atom. The van der Waals surface area contributed by atoms with Crippen molar-refractivity contribution in [2.24, 2.45) is 0 Å². The number of benzene rings is 2. The van der Waals surface area contributed by atoms with Gasteiger partial charge in [-0.25, -0.2) is 14.1 Å². The van der Waals surface area contributed by atoms with Crippen LogP contribution in [0.15, 0.2) is 65.8 Å². The first-order chi connectivity index (χ1) is 15.4. The first kappa shape index (κ1) is 21.2. The van der Waals surface area contributed by atoms with Gasteiger partial charge in [0, 0.05) is 23.9 Å². The molecule has 0 spiro atoms. The SMILES string of the molecule is Cc1cn(-c2ccc(Cc3cc(C#N)nn([C@@H](C)c4cccc(F)c4)c3=O)cc2C)cn1. The topological polar surface area (TPSA) is 76.5 Å². The highest BCUT2D eigenvalue weighted by molar-refractivity contribution is 5.44. The number of nitrogens with zero attached hydrogens (tertiary/aromatic N) is 5. The zero-order chi connectivity index (χ0) is 22.8. The molecule has 1 atom stereocenters. The van der Waals surface area contributed by atoms with Gasteiger partial charge in [0.2, 0.25) is 0 Å². The fourth-order valence-corrected chi connectivity index (χ4v) is 3.81. The van der Waals surface area contributed by atoms with Gasteiger partial charge in [-0.3, -0.25) is 4.79 Å². The fourth-order valence-electron chi connectivity index (χ4n) is 3.81. The molecule has 0 radical (unpaired) electrons. The quantitative estimate of drug-likeness (QED) is 0.477. The highest BCUT2D eigenvalue weighted by atomic mass is 19.1. The second-order valence-corrected chi connectivity index (χ2v) is 7.87.